The lowest BCUT2D eigenvalue weighted by molar-refractivity contribution is 0.0734. The number of hydrogen-bond donors (Lipinski definition) is 3. The van der Waals surface area contributed by atoms with Gasteiger partial charge in [0.15, 0.2) is 11.4 Å². The third kappa shape index (κ3) is 5.51. The van der Waals surface area contributed by atoms with Crippen LogP contribution >= 0.6 is 0 Å². The molecule has 0 spiro atoms. The average Bonchev–Trinajstić information content (AvgIpc) is 3.80. The third-order valence-electron chi connectivity index (χ3n) is 8.06. The number of hydrogen-bond acceptors (Lipinski definition) is 10. The first-order valence-electron chi connectivity index (χ1n) is 14.4. The van der Waals surface area contributed by atoms with Gasteiger partial charge < -0.3 is 35.0 Å². The van der Waals surface area contributed by atoms with Gasteiger partial charge in [-0.3, -0.25) is 9.69 Å². The normalized spacial score (nSPS) is 18.1. The molecule has 0 saturated carbocycles. The molecule has 1 aromatic carbocycles. The molecule has 4 aromatic heterocycles. The highest BCUT2D eigenvalue weighted by Crippen LogP contribution is 2.26. The molecule has 6 heterocycles. The zero-order valence-electron chi connectivity index (χ0n) is 23.6. The maximum Gasteiger partial charge on any atom is 0.251 e. The molecule has 2 aliphatic heterocycles. The van der Waals surface area contributed by atoms with Gasteiger partial charge in [0.2, 0.25) is 5.95 Å². The number of anilines is 2. The van der Waals surface area contributed by atoms with Gasteiger partial charge in [-0.1, -0.05) is 0 Å². The lowest BCUT2D eigenvalue weighted by Gasteiger charge is -2.36. The molecule has 2 aliphatic rings. The van der Waals surface area contributed by atoms with E-state index in [9.17, 15) is 4.79 Å². The Morgan fingerprint density at radius 3 is 2.81 bits per heavy atom. The second-order valence-corrected chi connectivity index (χ2v) is 10.8. The van der Waals surface area contributed by atoms with Crippen molar-refractivity contribution in [1.29, 1.82) is 0 Å². The fourth-order valence-electron chi connectivity index (χ4n) is 5.70. The molecule has 1 unspecified atom stereocenters. The number of aromatic nitrogens is 5. The van der Waals surface area contributed by atoms with E-state index in [0.717, 1.165) is 37.2 Å². The minimum atomic E-state index is -0.393. The van der Waals surface area contributed by atoms with Crippen LogP contribution in [0.15, 0.2) is 53.4 Å². The standard InChI is InChI=1S/C29H33FN10O3/c30-21-14-19(28(41)33-16-20-17-42-13-5-32-20)3-4-23(21)38-9-6-37(7-10-38)8-11-39-18-34-26-24-15-22(25-2-1-12-43-25)36-40(24)29(31)35-27(26)39/h1-4,12,14-15,18,20,32H,5-11,13,16-17H2,(H2,31,35)(H,33,41). The smallest absolute Gasteiger partial charge is 0.251 e. The Kier molecular flexibility index (Phi) is 7.39. The predicted octanol–water partition coefficient (Wildman–Crippen LogP) is 1.60. The number of amides is 1. The zero-order valence-corrected chi connectivity index (χ0v) is 23.6. The third-order valence-corrected chi connectivity index (χ3v) is 8.06. The van der Waals surface area contributed by atoms with Crippen LogP contribution in [-0.2, 0) is 11.3 Å². The molecule has 0 bridgehead atoms. The summed E-state index contributed by atoms with van der Waals surface area (Å²) in [5.74, 6) is 0.236. The average molecular weight is 589 g/mol. The quantitative estimate of drug-likeness (QED) is 0.245. The topological polar surface area (TPSA) is 144 Å². The van der Waals surface area contributed by atoms with Gasteiger partial charge >= 0.3 is 0 Å². The minimum Gasteiger partial charge on any atom is -0.463 e. The van der Waals surface area contributed by atoms with Gasteiger partial charge in [-0.15, -0.1) is 0 Å². The van der Waals surface area contributed by atoms with E-state index in [4.69, 9.17) is 14.9 Å². The number of nitrogens with two attached hydrogens (primary N) is 1. The van der Waals surface area contributed by atoms with Crippen molar-refractivity contribution in [3.63, 3.8) is 0 Å². The Balaban J connectivity index is 0.953. The maximum atomic E-state index is 15.1. The van der Waals surface area contributed by atoms with Crippen LogP contribution in [0.2, 0.25) is 0 Å². The molecule has 13 nitrogen and oxygen atoms in total. The molecule has 0 radical (unpaired) electrons. The molecular formula is C29H33FN10O3. The number of furan rings is 1. The van der Waals surface area contributed by atoms with Gasteiger partial charge in [-0.05, 0) is 36.4 Å². The number of morpholine rings is 1. The van der Waals surface area contributed by atoms with Crippen LogP contribution < -0.4 is 21.3 Å². The number of piperazine rings is 1. The van der Waals surface area contributed by atoms with Gasteiger partial charge in [-0.2, -0.15) is 14.6 Å². The fourth-order valence-corrected chi connectivity index (χ4v) is 5.70. The summed E-state index contributed by atoms with van der Waals surface area (Å²) in [4.78, 5) is 26.1. The van der Waals surface area contributed by atoms with Crippen molar-refractivity contribution in [3.8, 4) is 11.5 Å². The minimum absolute atomic E-state index is 0.0638. The number of ether oxygens (including phenoxy) is 1. The molecule has 4 N–H and O–H groups in total. The van der Waals surface area contributed by atoms with E-state index in [2.05, 4.69) is 30.6 Å². The van der Waals surface area contributed by atoms with E-state index in [1.807, 2.05) is 27.7 Å². The Morgan fingerprint density at radius 2 is 2.05 bits per heavy atom. The van der Waals surface area contributed by atoms with E-state index in [-0.39, 0.29) is 17.9 Å². The van der Waals surface area contributed by atoms with Crippen molar-refractivity contribution in [3.05, 3.63) is 60.4 Å². The second-order valence-electron chi connectivity index (χ2n) is 10.8. The monoisotopic (exact) mass is 588 g/mol. The number of fused-ring (bicyclic) bond motifs is 3. The Bertz CT molecular complexity index is 1740. The largest absolute Gasteiger partial charge is 0.463 e. The summed E-state index contributed by atoms with van der Waals surface area (Å²) in [7, 11) is 0. The number of rotatable bonds is 8. The number of carbonyl (C=O) groups is 1. The van der Waals surface area contributed by atoms with E-state index >= 15 is 4.39 Å². The van der Waals surface area contributed by atoms with Crippen LogP contribution in [0, 0.1) is 5.82 Å². The van der Waals surface area contributed by atoms with Crippen molar-refractivity contribution in [2.75, 3.05) is 69.7 Å². The van der Waals surface area contributed by atoms with Gasteiger partial charge in [0.1, 0.15) is 22.5 Å². The Hall–Kier alpha value is -4.53. The number of carbonyl (C=O) groups excluding carboxylic acids is 1. The first-order valence-corrected chi connectivity index (χ1v) is 14.4. The Morgan fingerprint density at radius 1 is 1.16 bits per heavy atom. The van der Waals surface area contributed by atoms with Crippen molar-refractivity contribution in [1.82, 2.24) is 39.7 Å². The van der Waals surface area contributed by atoms with Gasteiger partial charge in [0, 0.05) is 64.0 Å². The first-order chi connectivity index (χ1) is 21.0. The molecule has 2 saturated heterocycles. The number of nitrogens with one attached hydrogen (secondary N) is 2. The number of imidazole rings is 1. The van der Waals surface area contributed by atoms with Crippen LogP contribution in [0.5, 0.6) is 0 Å². The molecule has 14 heteroatoms. The summed E-state index contributed by atoms with van der Waals surface area (Å²) in [6.45, 7) is 6.79. The van der Waals surface area contributed by atoms with Crippen molar-refractivity contribution >= 4 is 34.2 Å². The summed E-state index contributed by atoms with van der Waals surface area (Å²) in [6, 6.07) is 10.3. The highest BCUT2D eigenvalue weighted by molar-refractivity contribution is 5.94. The van der Waals surface area contributed by atoms with Crippen molar-refractivity contribution in [2.24, 2.45) is 0 Å². The highest BCUT2D eigenvalue weighted by Gasteiger charge is 2.22. The maximum absolute atomic E-state index is 15.1. The van der Waals surface area contributed by atoms with Crippen molar-refractivity contribution in [2.45, 2.75) is 12.6 Å². The number of benzene rings is 1. The van der Waals surface area contributed by atoms with E-state index in [1.54, 1.807) is 29.2 Å². The summed E-state index contributed by atoms with van der Waals surface area (Å²) in [5.41, 5.74) is 9.92. The molecule has 5 aromatic rings. The molecule has 224 valence electrons. The predicted molar refractivity (Wildman–Crippen MR) is 158 cm³/mol. The van der Waals surface area contributed by atoms with Gasteiger partial charge in [-0.25, -0.2) is 9.37 Å². The lowest BCUT2D eigenvalue weighted by Crippen LogP contribution is -2.48. The molecule has 1 amide bonds. The molecule has 0 aliphatic carbocycles. The SMILES string of the molecule is Nc1nc2c(ncn2CCN2CCN(c3ccc(C(=O)NCC4COCCN4)cc3F)CC2)c2cc(-c3ccco3)nn12. The van der Waals surface area contributed by atoms with Crippen LogP contribution in [0.25, 0.3) is 28.1 Å². The lowest BCUT2D eigenvalue weighted by atomic mass is 10.1. The van der Waals surface area contributed by atoms with Crippen LogP contribution in [0.3, 0.4) is 0 Å². The highest BCUT2D eigenvalue weighted by atomic mass is 19.1. The summed E-state index contributed by atoms with van der Waals surface area (Å²) in [5, 5.41) is 10.7. The van der Waals surface area contributed by atoms with E-state index in [0.29, 0.717) is 67.7 Å². The second kappa shape index (κ2) is 11.6. The molecule has 1 atom stereocenters. The fraction of sp³-hybridized carbons (Fsp3) is 0.379. The molecule has 7 rings (SSSR count). The van der Waals surface area contributed by atoms with Crippen LogP contribution in [0.4, 0.5) is 16.0 Å². The molecule has 43 heavy (non-hydrogen) atoms. The van der Waals surface area contributed by atoms with E-state index in [1.165, 1.54) is 6.07 Å². The molecular weight excluding hydrogens is 555 g/mol. The summed E-state index contributed by atoms with van der Waals surface area (Å²) in [6.07, 6.45) is 3.38. The number of nitrogen functional groups attached to an aromatic ring is 1. The summed E-state index contributed by atoms with van der Waals surface area (Å²) < 4.78 is 29.6. The van der Waals surface area contributed by atoms with Crippen molar-refractivity contribution < 1.29 is 18.3 Å². The van der Waals surface area contributed by atoms with Gasteiger partial charge in [0.05, 0.1) is 31.5 Å². The van der Waals surface area contributed by atoms with E-state index < -0.39 is 5.82 Å². The zero-order chi connectivity index (χ0) is 29.3. The number of halogens is 1. The Labute approximate surface area is 246 Å². The van der Waals surface area contributed by atoms with Crippen LogP contribution in [-0.4, -0.2) is 100 Å². The number of nitrogens with zero attached hydrogens (tertiary/aromatic N) is 7. The molecule has 2 fully saturated rings. The first kappa shape index (κ1) is 27.3. The van der Waals surface area contributed by atoms with Crippen LogP contribution in [0.1, 0.15) is 10.4 Å². The summed E-state index contributed by atoms with van der Waals surface area (Å²) >= 11 is 0. The van der Waals surface area contributed by atoms with Gasteiger partial charge in [0.25, 0.3) is 5.91 Å².